The molecule has 6 nitrogen and oxygen atoms in total. The van der Waals surface area contributed by atoms with Crippen molar-refractivity contribution in [3.05, 3.63) is 17.3 Å². The van der Waals surface area contributed by atoms with E-state index in [9.17, 15) is 4.79 Å². The van der Waals surface area contributed by atoms with Crippen molar-refractivity contribution < 1.29 is 9.53 Å². The molecule has 1 aromatic rings. The molecule has 118 valence electrons. The summed E-state index contributed by atoms with van der Waals surface area (Å²) in [6.45, 7) is 2.39. The Balaban J connectivity index is 1.36. The van der Waals surface area contributed by atoms with Crippen LogP contribution in [0.25, 0.3) is 0 Å². The van der Waals surface area contributed by atoms with Gasteiger partial charge in [0, 0.05) is 26.7 Å². The van der Waals surface area contributed by atoms with E-state index < -0.39 is 0 Å². The third-order valence-electron chi connectivity index (χ3n) is 5.09. The van der Waals surface area contributed by atoms with E-state index in [1.807, 2.05) is 11.9 Å². The summed E-state index contributed by atoms with van der Waals surface area (Å²) in [6.07, 6.45) is 4.99. The number of carbonyl (C=O) groups excluding carboxylic acids is 1. The van der Waals surface area contributed by atoms with E-state index in [1.165, 1.54) is 12.0 Å². The molecule has 22 heavy (non-hydrogen) atoms. The Morgan fingerprint density at radius 1 is 1.32 bits per heavy atom. The second kappa shape index (κ2) is 5.50. The highest BCUT2D eigenvalue weighted by Gasteiger charge is 2.37. The smallest absolute Gasteiger partial charge is 0.251 e. The highest BCUT2D eigenvalue weighted by Crippen LogP contribution is 2.27. The highest BCUT2D eigenvalue weighted by atomic mass is 16.5. The summed E-state index contributed by atoms with van der Waals surface area (Å²) in [4.78, 5) is 16.4. The van der Waals surface area contributed by atoms with Gasteiger partial charge >= 0.3 is 0 Å². The van der Waals surface area contributed by atoms with Gasteiger partial charge in [0.1, 0.15) is 6.10 Å². The van der Waals surface area contributed by atoms with Crippen LogP contribution in [-0.2, 0) is 22.4 Å². The SMILES string of the molecule is CN(C(=O)C1CCCO1)C1CN(c2cc3c(nn2)CCC3)C1. The van der Waals surface area contributed by atoms with Crippen molar-refractivity contribution in [1.29, 1.82) is 0 Å². The largest absolute Gasteiger partial charge is 0.368 e. The van der Waals surface area contributed by atoms with E-state index in [1.54, 1.807) is 0 Å². The summed E-state index contributed by atoms with van der Waals surface area (Å²) in [6, 6.07) is 2.43. The van der Waals surface area contributed by atoms with Crippen molar-refractivity contribution in [2.24, 2.45) is 0 Å². The van der Waals surface area contributed by atoms with Crippen molar-refractivity contribution in [2.45, 2.75) is 44.2 Å². The summed E-state index contributed by atoms with van der Waals surface area (Å²) in [7, 11) is 1.89. The predicted molar refractivity (Wildman–Crippen MR) is 81.8 cm³/mol. The van der Waals surface area contributed by atoms with Crippen LogP contribution < -0.4 is 4.90 Å². The van der Waals surface area contributed by atoms with E-state index in [-0.39, 0.29) is 18.1 Å². The summed E-state index contributed by atoms with van der Waals surface area (Å²) < 4.78 is 5.49. The summed E-state index contributed by atoms with van der Waals surface area (Å²) in [5, 5.41) is 8.67. The zero-order chi connectivity index (χ0) is 15.1. The maximum absolute atomic E-state index is 12.3. The quantitative estimate of drug-likeness (QED) is 0.826. The standard InChI is InChI=1S/C16H22N4O2/c1-19(16(21)14-6-3-7-22-14)12-9-20(10-12)15-8-11-4-2-5-13(11)17-18-15/h8,12,14H,2-7,9-10H2,1H3. The maximum Gasteiger partial charge on any atom is 0.251 e. The van der Waals surface area contributed by atoms with Crippen LogP contribution in [0.3, 0.4) is 0 Å². The first kappa shape index (κ1) is 13.9. The second-order valence-electron chi connectivity index (χ2n) is 6.54. The minimum absolute atomic E-state index is 0.127. The van der Waals surface area contributed by atoms with E-state index >= 15 is 0 Å². The highest BCUT2D eigenvalue weighted by molar-refractivity contribution is 5.81. The molecule has 6 heteroatoms. The number of hydrogen-bond donors (Lipinski definition) is 0. The molecular weight excluding hydrogens is 280 g/mol. The number of hydrogen-bond acceptors (Lipinski definition) is 5. The van der Waals surface area contributed by atoms with E-state index in [0.29, 0.717) is 6.61 Å². The number of likely N-dealkylation sites (N-methyl/N-ethyl adjacent to an activating group) is 1. The molecule has 1 amide bonds. The molecule has 1 aromatic heterocycles. The van der Waals surface area contributed by atoms with Crippen molar-refractivity contribution in [1.82, 2.24) is 15.1 Å². The third kappa shape index (κ3) is 2.35. The van der Waals surface area contributed by atoms with E-state index in [2.05, 4.69) is 21.2 Å². The Hall–Kier alpha value is -1.69. The Kier molecular flexibility index (Phi) is 3.48. The minimum atomic E-state index is -0.223. The Morgan fingerprint density at radius 3 is 2.95 bits per heavy atom. The number of rotatable bonds is 3. The number of ether oxygens (including phenoxy) is 1. The summed E-state index contributed by atoms with van der Waals surface area (Å²) >= 11 is 0. The molecule has 1 atom stereocenters. The van der Waals surface area contributed by atoms with Gasteiger partial charge in [-0.2, -0.15) is 5.10 Å². The van der Waals surface area contributed by atoms with E-state index in [4.69, 9.17) is 4.74 Å². The Bertz CT molecular complexity index is 580. The van der Waals surface area contributed by atoms with Crippen LogP contribution in [0.5, 0.6) is 0 Å². The van der Waals surface area contributed by atoms with Gasteiger partial charge in [-0.3, -0.25) is 4.79 Å². The van der Waals surface area contributed by atoms with Crippen molar-refractivity contribution in [3.8, 4) is 0 Å². The van der Waals surface area contributed by atoms with Crippen molar-refractivity contribution in [2.75, 3.05) is 31.6 Å². The number of aromatic nitrogens is 2. The zero-order valence-electron chi connectivity index (χ0n) is 13.0. The second-order valence-corrected chi connectivity index (χ2v) is 6.54. The number of carbonyl (C=O) groups is 1. The topological polar surface area (TPSA) is 58.6 Å². The lowest BCUT2D eigenvalue weighted by atomic mass is 10.1. The monoisotopic (exact) mass is 302 g/mol. The third-order valence-corrected chi connectivity index (χ3v) is 5.09. The molecule has 0 saturated carbocycles. The molecule has 2 fully saturated rings. The van der Waals surface area contributed by atoms with E-state index in [0.717, 1.165) is 50.3 Å². The molecule has 1 aliphatic carbocycles. The van der Waals surface area contributed by atoms with Gasteiger partial charge in [-0.25, -0.2) is 0 Å². The number of anilines is 1. The first-order chi connectivity index (χ1) is 10.7. The van der Waals surface area contributed by atoms with Gasteiger partial charge in [-0.15, -0.1) is 5.10 Å². The van der Waals surface area contributed by atoms with Crippen LogP contribution >= 0.6 is 0 Å². The first-order valence-electron chi connectivity index (χ1n) is 8.21. The lowest BCUT2D eigenvalue weighted by molar-refractivity contribution is -0.142. The molecule has 2 aliphatic heterocycles. The van der Waals surface area contributed by atoms with Crippen molar-refractivity contribution >= 4 is 11.7 Å². The fourth-order valence-corrected chi connectivity index (χ4v) is 3.54. The maximum atomic E-state index is 12.3. The average Bonchev–Trinajstić information content (AvgIpc) is 3.15. The molecule has 3 heterocycles. The minimum Gasteiger partial charge on any atom is -0.368 e. The van der Waals surface area contributed by atoms with Gasteiger partial charge in [-0.1, -0.05) is 0 Å². The van der Waals surface area contributed by atoms with Gasteiger partial charge in [0.25, 0.3) is 5.91 Å². The zero-order valence-corrected chi connectivity index (χ0v) is 13.0. The Morgan fingerprint density at radius 2 is 2.18 bits per heavy atom. The van der Waals surface area contributed by atoms with Crippen molar-refractivity contribution in [3.63, 3.8) is 0 Å². The predicted octanol–water partition coefficient (Wildman–Crippen LogP) is 0.791. The normalized spacial score (nSPS) is 24.2. The molecule has 3 aliphatic rings. The fraction of sp³-hybridized carbons (Fsp3) is 0.688. The molecule has 1 unspecified atom stereocenters. The molecule has 4 rings (SSSR count). The van der Waals surface area contributed by atoms with Crippen LogP contribution in [0, 0.1) is 0 Å². The van der Waals surface area contributed by atoms with Gasteiger partial charge in [0.15, 0.2) is 5.82 Å². The van der Waals surface area contributed by atoms with Gasteiger partial charge < -0.3 is 14.5 Å². The van der Waals surface area contributed by atoms with Crippen LogP contribution in [0.2, 0.25) is 0 Å². The molecule has 0 N–H and O–H groups in total. The molecule has 0 spiro atoms. The molecule has 0 bridgehead atoms. The lowest BCUT2D eigenvalue weighted by Crippen LogP contribution is -2.61. The molecule has 2 saturated heterocycles. The number of fused-ring (bicyclic) bond motifs is 1. The van der Waals surface area contributed by atoms with Gasteiger partial charge in [0.05, 0.1) is 11.7 Å². The summed E-state index contributed by atoms with van der Waals surface area (Å²) in [5.74, 6) is 1.08. The summed E-state index contributed by atoms with van der Waals surface area (Å²) in [5.41, 5.74) is 2.50. The molecule has 0 radical (unpaired) electrons. The van der Waals surface area contributed by atoms with Crippen LogP contribution in [0.1, 0.15) is 30.5 Å². The molecular formula is C16H22N4O2. The Labute approximate surface area is 130 Å². The van der Waals surface area contributed by atoms with Crippen LogP contribution in [-0.4, -0.2) is 59.9 Å². The van der Waals surface area contributed by atoms with Crippen LogP contribution in [0.15, 0.2) is 6.07 Å². The number of aryl methyl sites for hydroxylation is 2. The van der Waals surface area contributed by atoms with Gasteiger partial charge in [-0.05, 0) is 43.7 Å². The number of nitrogens with zero attached hydrogens (tertiary/aromatic N) is 4. The van der Waals surface area contributed by atoms with Gasteiger partial charge in [0.2, 0.25) is 0 Å². The molecule has 0 aromatic carbocycles. The van der Waals surface area contributed by atoms with Crippen LogP contribution in [0.4, 0.5) is 5.82 Å². The number of amides is 1. The fourth-order valence-electron chi connectivity index (χ4n) is 3.54. The lowest BCUT2D eigenvalue weighted by Gasteiger charge is -2.44. The average molecular weight is 302 g/mol. The first-order valence-corrected chi connectivity index (χ1v) is 8.21.